The van der Waals surface area contributed by atoms with E-state index in [1.54, 1.807) is 31.8 Å². The van der Waals surface area contributed by atoms with Gasteiger partial charge in [-0.1, -0.05) is 18.2 Å². The highest BCUT2D eigenvalue weighted by atomic mass is 16.5. The number of H-pyrrole nitrogens is 1. The van der Waals surface area contributed by atoms with Crippen molar-refractivity contribution in [3.8, 4) is 17.2 Å². The first kappa shape index (κ1) is 23.1. The summed E-state index contributed by atoms with van der Waals surface area (Å²) in [6.45, 7) is 2.60. The van der Waals surface area contributed by atoms with Crippen molar-refractivity contribution in [1.29, 1.82) is 0 Å². The molecule has 2 aliphatic heterocycles. The number of fused-ring (bicyclic) bond motifs is 2. The van der Waals surface area contributed by atoms with Gasteiger partial charge in [-0.25, -0.2) is 0 Å². The van der Waals surface area contributed by atoms with Gasteiger partial charge < -0.3 is 29.4 Å². The molecule has 188 valence electrons. The molecule has 1 saturated heterocycles. The van der Waals surface area contributed by atoms with Crippen LogP contribution in [0.2, 0.25) is 0 Å². The van der Waals surface area contributed by atoms with Gasteiger partial charge in [-0.05, 0) is 35.9 Å². The Balaban J connectivity index is 1.20. The van der Waals surface area contributed by atoms with Crippen LogP contribution in [0.15, 0.2) is 78.0 Å². The average Bonchev–Trinajstić information content (AvgIpc) is 2.94. The van der Waals surface area contributed by atoms with E-state index < -0.39 is 0 Å². The number of hydrogen-bond donors (Lipinski definition) is 2. The largest absolute Gasteiger partial charge is 0.495 e. The molecule has 0 aliphatic carbocycles. The molecule has 6 rings (SSSR count). The first-order valence-electron chi connectivity index (χ1n) is 12.4. The average molecular weight is 497 g/mol. The Morgan fingerprint density at radius 2 is 2.11 bits per heavy atom. The van der Waals surface area contributed by atoms with Gasteiger partial charge in [0.05, 0.1) is 19.9 Å². The lowest BCUT2D eigenvalue weighted by atomic mass is 9.95. The van der Waals surface area contributed by atoms with E-state index in [4.69, 9.17) is 14.2 Å². The van der Waals surface area contributed by atoms with Crippen LogP contribution < -0.4 is 25.2 Å². The van der Waals surface area contributed by atoms with Gasteiger partial charge in [-0.15, -0.1) is 0 Å². The number of ether oxygens (including phenoxy) is 3. The van der Waals surface area contributed by atoms with Gasteiger partial charge in [0.25, 0.3) is 0 Å². The molecule has 0 amide bonds. The fourth-order valence-corrected chi connectivity index (χ4v) is 5.00. The molecule has 2 aromatic carbocycles. The third kappa shape index (κ3) is 4.75. The Morgan fingerprint density at radius 3 is 3.00 bits per heavy atom. The standard InChI is InChI=1S/C29H28N4O4/c1-35-26-17-30-9-7-20(26)16-32-22-5-6-25-21(14-22)13-19-3-2-4-24(29(19)37-25)27-18-33(11-12-36-27)23-8-10-31-28(34)15-23/h2-10,14-15,17,27,32H,11-13,16,18H2,1H3,(H,31,34). The van der Waals surface area contributed by atoms with E-state index in [0.29, 0.717) is 19.7 Å². The second-order valence-electron chi connectivity index (χ2n) is 9.19. The highest BCUT2D eigenvalue weighted by molar-refractivity contribution is 5.59. The molecule has 1 atom stereocenters. The van der Waals surface area contributed by atoms with E-state index in [1.807, 2.05) is 24.3 Å². The third-order valence-corrected chi connectivity index (χ3v) is 6.89. The minimum atomic E-state index is -0.152. The minimum absolute atomic E-state index is 0.105. The summed E-state index contributed by atoms with van der Waals surface area (Å²) in [5.41, 5.74) is 6.16. The molecule has 0 spiro atoms. The van der Waals surface area contributed by atoms with Crippen molar-refractivity contribution in [2.45, 2.75) is 19.1 Å². The Labute approximate surface area is 214 Å². The van der Waals surface area contributed by atoms with Gasteiger partial charge in [-0.2, -0.15) is 0 Å². The van der Waals surface area contributed by atoms with Crippen LogP contribution >= 0.6 is 0 Å². The molecule has 2 N–H and O–H groups in total. The Kier molecular flexibility index (Phi) is 6.24. The zero-order valence-corrected chi connectivity index (χ0v) is 20.6. The normalized spacial score (nSPS) is 16.4. The number of nitrogens with zero attached hydrogens (tertiary/aromatic N) is 2. The molecule has 8 heteroatoms. The minimum Gasteiger partial charge on any atom is -0.495 e. The predicted molar refractivity (Wildman–Crippen MR) is 142 cm³/mol. The molecular weight excluding hydrogens is 468 g/mol. The highest BCUT2D eigenvalue weighted by Gasteiger charge is 2.28. The van der Waals surface area contributed by atoms with Gasteiger partial charge >= 0.3 is 0 Å². The molecule has 0 bridgehead atoms. The van der Waals surface area contributed by atoms with Crippen molar-refractivity contribution >= 4 is 11.4 Å². The Morgan fingerprint density at radius 1 is 1.16 bits per heavy atom. The Hall–Kier alpha value is -4.30. The van der Waals surface area contributed by atoms with Crippen LogP contribution in [0.1, 0.15) is 28.4 Å². The first-order valence-corrected chi connectivity index (χ1v) is 12.4. The second-order valence-corrected chi connectivity index (χ2v) is 9.19. The molecule has 1 fully saturated rings. The number of methoxy groups -OCH3 is 1. The fraction of sp³-hybridized carbons (Fsp3) is 0.241. The summed E-state index contributed by atoms with van der Waals surface area (Å²) in [6.07, 6.45) is 5.80. The number of nitrogens with one attached hydrogen (secondary N) is 2. The number of hydrogen-bond acceptors (Lipinski definition) is 7. The number of rotatable bonds is 6. The summed E-state index contributed by atoms with van der Waals surface area (Å²) in [7, 11) is 1.65. The van der Waals surface area contributed by atoms with E-state index in [0.717, 1.165) is 63.8 Å². The van der Waals surface area contributed by atoms with Crippen LogP contribution in [-0.2, 0) is 17.7 Å². The molecule has 37 heavy (non-hydrogen) atoms. The predicted octanol–water partition coefficient (Wildman–Crippen LogP) is 4.67. The van der Waals surface area contributed by atoms with Gasteiger partial charge in [0, 0.05) is 72.6 Å². The summed E-state index contributed by atoms with van der Waals surface area (Å²) in [4.78, 5) is 20.8. The van der Waals surface area contributed by atoms with E-state index >= 15 is 0 Å². The maximum atomic E-state index is 11.8. The number of benzene rings is 2. The van der Waals surface area contributed by atoms with Crippen molar-refractivity contribution < 1.29 is 14.2 Å². The molecule has 2 aliphatic rings. The summed E-state index contributed by atoms with van der Waals surface area (Å²) >= 11 is 0. The van der Waals surface area contributed by atoms with Crippen LogP contribution in [-0.4, -0.2) is 36.8 Å². The van der Waals surface area contributed by atoms with Crippen molar-refractivity contribution in [3.63, 3.8) is 0 Å². The number of pyridine rings is 2. The van der Waals surface area contributed by atoms with E-state index in [9.17, 15) is 4.79 Å². The molecule has 8 nitrogen and oxygen atoms in total. The molecule has 0 saturated carbocycles. The molecular formula is C29H28N4O4. The van der Waals surface area contributed by atoms with Crippen LogP contribution in [0, 0.1) is 0 Å². The first-order chi connectivity index (χ1) is 18.2. The zero-order chi connectivity index (χ0) is 25.2. The maximum absolute atomic E-state index is 11.8. The summed E-state index contributed by atoms with van der Waals surface area (Å²) in [5, 5.41) is 3.48. The highest BCUT2D eigenvalue weighted by Crippen LogP contribution is 2.43. The topological polar surface area (TPSA) is 88.7 Å². The molecule has 1 unspecified atom stereocenters. The summed E-state index contributed by atoms with van der Waals surface area (Å²) in [6, 6.07) is 18.0. The van der Waals surface area contributed by atoms with Crippen molar-refractivity contribution in [3.05, 3.63) is 106 Å². The quantitative estimate of drug-likeness (QED) is 0.353. The Bertz CT molecular complexity index is 1480. The van der Waals surface area contributed by atoms with E-state index in [1.165, 1.54) is 0 Å². The molecule has 4 heterocycles. The van der Waals surface area contributed by atoms with Gasteiger partial charge in [0.1, 0.15) is 23.4 Å². The summed E-state index contributed by atoms with van der Waals surface area (Å²) in [5.74, 6) is 2.49. The maximum Gasteiger partial charge on any atom is 0.249 e. The lowest BCUT2D eigenvalue weighted by Crippen LogP contribution is -2.39. The zero-order valence-electron chi connectivity index (χ0n) is 20.6. The third-order valence-electron chi connectivity index (χ3n) is 6.89. The summed E-state index contributed by atoms with van der Waals surface area (Å²) < 4.78 is 18.1. The monoisotopic (exact) mass is 496 g/mol. The molecule has 0 radical (unpaired) electrons. The number of para-hydroxylation sites is 1. The van der Waals surface area contributed by atoms with Gasteiger partial charge in [0.2, 0.25) is 5.56 Å². The number of aromatic nitrogens is 2. The lowest BCUT2D eigenvalue weighted by Gasteiger charge is -2.36. The molecule has 4 aromatic rings. The fourth-order valence-electron chi connectivity index (χ4n) is 5.00. The smallest absolute Gasteiger partial charge is 0.249 e. The number of morpholine rings is 1. The number of aromatic amines is 1. The van der Waals surface area contributed by atoms with Crippen LogP contribution in [0.3, 0.4) is 0 Å². The number of anilines is 2. The van der Waals surface area contributed by atoms with Crippen molar-refractivity contribution in [2.75, 3.05) is 37.0 Å². The van der Waals surface area contributed by atoms with Crippen LogP contribution in [0.5, 0.6) is 17.2 Å². The van der Waals surface area contributed by atoms with Gasteiger partial charge in [-0.3, -0.25) is 9.78 Å². The molecule has 2 aromatic heterocycles. The van der Waals surface area contributed by atoms with Crippen molar-refractivity contribution in [2.24, 2.45) is 0 Å². The SMILES string of the molecule is COc1cnccc1CNc1ccc2c(c1)Cc1cccc(C3CN(c4cc[nH]c(=O)c4)CCO3)c1O2. The lowest BCUT2D eigenvalue weighted by molar-refractivity contribution is 0.0384. The van der Waals surface area contributed by atoms with E-state index in [2.05, 4.69) is 44.5 Å². The van der Waals surface area contributed by atoms with E-state index in [-0.39, 0.29) is 11.7 Å². The second kappa shape index (κ2) is 9.99. The van der Waals surface area contributed by atoms with Crippen molar-refractivity contribution in [1.82, 2.24) is 9.97 Å². The van der Waals surface area contributed by atoms with Crippen LogP contribution in [0.25, 0.3) is 0 Å². The van der Waals surface area contributed by atoms with Crippen LogP contribution in [0.4, 0.5) is 11.4 Å². The van der Waals surface area contributed by atoms with Gasteiger partial charge in [0.15, 0.2) is 0 Å².